The molecular formula is C46H54N8O6. The topological polar surface area (TPSA) is 183 Å². The Labute approximate surface area is 349 Å². The molecule has 5 N–H and O–H groups in total. The standard InChI is InChI=1S/C46H54N8O6/c1-25(2)37(51-44(57)59-5)41(55)53-46(20-8-21-46)43-49-34-19-16-31-23-29(14-17-32(31)39(34)50-43)27-10-12-28(13-11-27)30-15-18-33-35(24-30)48-40(47-33)36-9-7-22-54(36)42(56)38(26(3)4)52-45(58)60-6/h10-15,17-18,23-26,36-38H,7-9,16,19-22H2,1-6H3,(H,47,48)(H,49,50)(H,51,57)(H,52,58)(H,53,55)/t36-,37-,38-/m0/s1. The second-order valence-electron chi connectivity index (χ2n) is 17.0. The summed E-state index contributed by atoms with van der Waals surface area (Å²) in [4.78, 5) is 70.0. The molecular weight excluding hydrogens is 761 g/mol. The van der Waals surface area contributed by atoms with Crippen LogP contribution in [0.15, 0.2) is 60.7 Å². The van der Waals surface area contributed by atoms with Crippen LogP contribution in [0.1, 0.15) is 88.7 Å². The number of nitrogens with one attached hydrogen (secondary N) is 5. The average Bonchev–Trinajstić information content (AvgIpc) is 4.01. The van der Waals surface area contributed by atoms with Crippen molar-refractivity contribution in [3.8, 4) is 33.5 Å². The van der Waals surface area contributed by atoms with Crippen LogP contribution in [0.3, 0.4) is 0 Å². The molecule has 3 aliphatic rings. The van der Waals surface area contributed by atoms with Crippen molar-refractivity contribution >= 4 is 35.0 Å². The van der Waals surface area contributed by atoms with Gasteiger partial charge in [0.05, 0.1) is 48.2 Å². The molecule has 1 saturated heterocycles. The van der Waals surface area contributed by atoms with Crippen LogP contribution in [-0.2, 0) is 37.4 Å². The number of fused-ring (bicyclic) bond motifs is 4. The van der Waals surface area contributed by atoms with Gasteiger partial charge in [0.1, 0.15) is 23.7 Å². The zero-order chi connectivity index (χ0) is 42.3. The first-order valence-electron chi connectivity index (χ1n) is 21.0. The number of hydrogen-bond donors (Lipinski definition) is 5. The molecule has 1 aliphatic heterocycles. The Hall–Kier alpha value is -6.18. The van der Waals surface area contributed by atoms with Crippen LogP contribution in [-0.4, -0.2) is 81.7 Å². The Morgan fingerprint density at radius 2 is 1.40 bits per heavy atom. The highest BCUT2D eigenvalue weighted by Crippen LogP contribution is 2.43. The molecule has 0 bridgehead atoms. The Kier molecular flexibility index (Phi) is 11.1. The highest BCUT2D eigenvalue weighted by Gasteiger charge is 2.45. The third kappa shape index (κ3) is 7.70. The fourth-order valence-electron chi connectivity index (χ4n) is 8.92. The molecule has 14 nitrogen and oxygen atoms in total. The molecule has 8 rings (SSSR count). The number of hydrogen-bond acceptors (Lipinski definition) is 8. The van der Waals surface area contributed by atoms with Crippen molar-refractivity contribution < 1.29 is 28.7 Å². The number of aryl methyl sites for hydroxylation is 2. The molecule has 3 atom stereocenters. The van der Waals surface area contributed by atoms with Gasteiger partial charge in [0, 0.05) is 12.1 Å². The Morgan fingerprint density at radius 3 is 2.03 bits per heavy atom. The van der Waals surface area contributed by atoms with Crippen molar-refractivity contribution in [2.24, 2.45) is 11.8 Å². The lowest BCUT2D eigenvalue weighted by Gasteiger charge is -2.42. The number of ether oxygens (including phenoxy) is 2. The highest BCUT2D eigenvalue weighted by atomic mass is 16.5. The van der Waals surface area contributed by atoms with E-state index >= 15 is 0 Å². The average molecular weight is 815 g/mol. The molecule has 2 aliphatic carbocycles. The molecule has 2 fully saturated rings. The molecule has 1 saturated carbocycles. The van der Waals surface area contributed by atoms with E-state index in [0.717, 1.165) is 107 Å². The van der Waals surface area contributed by atoms with Gasteiger partial charge in [-0.3, -0.25) is 9.59 Å². The van der Waals surface area contributed by atoms with E-state index in [9.17, 15) is 19.2 Å². The van der Waals surface area contributed by atoms with E-state index in [2.05, 4.69) is 80.5 Å². The van der Waals surface area contributed by atoms with E-state index < -0.39 is 29.8 Å². The second kappa shape index (κ2) is 16.5. The number of alkyl carbamates (subject to hydrolysis) is 2. The highest BCUT2D eigenvalue weighted by molar-refractivity contribution is 5.88. The molecule has 314 valence electrons. The van der Waals surface area contributed by atoms with Crippen molar-refractivity contribution in [1.82, 2.24) is 40.8 Å². The number of nitrogens with zero attached hydrogens (tertiary/aromatic N) is 3. The van der Waals surface area contributed by atoms with Gasteiger partial charge in [-0.25, -0.2) is 19.6 Å². The summed E-state index contributed by atoms with van der Waals surface area (Å²) in [6.07, 6.45) is 4.55. The van der Waals surface area contributed by atoms with Crippen LogP contribution >= 0.6 is 0 Å². The van der Waals surface area contributed by atoms with Crippen molar-refractivity contribution in [2.75, 3.05) is 20.8 Å². The van der Waals surface area contributed by atoms with Gasteiger partial charge >= 0.3 is 12.2 Å². The van der Waals surface area contributed by atoms with E-state index in [-0.39, 0.29) is 29.7 Å². The van der Waals surface area contributed by atoms with Crippen molar-refractivity contribution in [3.05, 3.63) is 83.6 Å². The quantitative estimate of drug-likeness (QED) is 0.0920. The van der Waals surface area contributed by atoms with Crippen LogP contribution in [0, 0.1) is 11.8 Å². The number of rotatable bonds is 11. The number of imidazole rings is 2. The lowest BCUT2D eigenvalue weighted by Crippen LogP contribution is -2.58. The van der Waals surface area contributed by atoms with Gasteiger partial charge in [0.15, 0.2) is 0 Å². The first-order chi connectivity index (χ1) is 28.9. The number of carbonyl (C=O) groups is 4. The summed E-state index contributed by atoms with van der Waals surface area (Å²) in [7, 11) is 2.59. The maximum absolute atomic E-state index is 13.7. The van der Waals surface area contributed by atoms with Gasteiger partial charge in [-0.05, 0) is 96.7 Å². The van der Waals surface area contributed by atoms with E-state index in [1.54, 1.807) is 0 Å². The summed E-state index contributed by atoms with van der Waals surface area (Å²) in [5.41, 5.74) is 9.89. The third-order valence-electron chi connectivity index (χ3n) is 12.5. The summed E-state index contributed by atoms with van der Waals surface area (Å²) in [5, 5.41) is 8.64. The van der Waals surface area contributed by atoms with Crippen molar-refractivity contribution in [3.63, 3.8) is 0 Å². The van der Waals surface area contributed by atoms with E-state index in [4.69, 9.17) is 19.4 Å². The number of likely N-dealkylation sites (tertiary alicyclic amines) is 1. The van der Waals surface area contributed by atoms with Crippen LogP contribution in [0.5, 0.6) is 0 Å². The van der Waals surface area contributed by atoms with Crippen LogP contribution in [0.4, 0.5) is 9.59 Å². The SMILES string of the molecule is COC(=O)N[C@H](C(=O)NC1(c2nc3c([nH]2)-c2ccc(-c4ccc(-c5ccc6nc([C@@H]7CCCN7C(=O)[C@@H](NC(=O)OC)C(C)C)[nH]c6c5)cc4)cc2CC3)CCC1)C(C)C. The predicted octanol–water partition coefficient (Wildman–Crippen LogP) is 7.31. The Morgan fingerprint density at radius 1 is 0.767 bits per heavy atom. The van der Waals surface area contributed by atoms with E-state index in [1.807, 2.05) is 38.7 Å². The van der Waals surface area contributed by atoms with E-state index in [1.165, 1.54) is 19.8 Å². The number of methoxy groups -OCH3 is 2. The Balaban J connectivity index is 0.972. The monoisotopic (exact) mass is 814 g/mol. The fraction of sp³-hybridized carbons (Fsp3) is 0.435. The van der Waals surface area contributed by atoms with Crippen LogP contribution < -0.4 is 16.0 Å². The van der Waals surface area contributed by atoms with Gasteiger partial charge in [0.2, 0.25) is 11.8 Å². The normalized spacial score (nSPS) is 17.7. The summed E-state index contributed by atoms with van der Waals surface area (Å²) in [5.74, 6) is 0.906. The van der Waals surface area contributed by atoms with Crippen LogP contribution in [0.25, 0.3) is 44.5 Å². The molecule has 0 unspecified atom stereocenters. The molecule has 2 aromatic heterocycles. The number of H-pyrrole nitrogens is 2. The number of carbonyl (C=O) groups excluding carboxylic acids is 4. The molecule has 0 spiro atoms. The zero-order valence-electron chi connectivity index (χ0n) is 35.1. The summed E-state index contributed by atoms with van der Waals surface area (Å²) < 4.78 is 9.55. The van der Waals surface area contributed by atoms with Gasteiger partial charge in [-0.2, -0.15) is 0 Å². The van der Waals surface area contributed by atoms with Crippen LogP contribution in [0.2, 0.25) is 0 Å². The molecule has 3 aromatic carbocycles. The summed E-state index contributed by atoms with van der Waals surface area (Å²) in [6, 6.07) is 19.7. The van der Waals surface area contributed by atoms with Crippen molar-refractivity contribution in [1.29, 1.82) is 0 Å². The maximum atomic E-state index is 13.7. The molecule has 5 aromatic rings. The lowest BCUT2D eigenvalue weighted by molar-refractivity contribution is -0.135. The third-order valence-corrected chi connectivity index (χ3v) is 12.5. The number of benzene rings is 3. The minimum absolute atomic E-state index is 0.105. The minimum atomic E-state index is -0.724. The molecule has 3 heterocycles. The number of aromatic nitrogens is 4. The number of amides is 4. The Bertz CT molecular complexity index is 2430. The molecule has 0 radical (unpaired) electrons. The van der Waals surface area contributed by atoms with Gasteiger partial charge in [-0.1, -0.05) is 76.2 Å². The predicted molar refractivity (Wildman–Crippen MR) is 228 cm³/mol. The minimum Gasteiger partial charge on any atom is -0.453 e. The first kappa shape index (κ1) is 40.6. The van der Waals surface area contributed by atoms with Crippen molar-refractivity contribution in [2.45, 2.75) is 96.3 Å². The number of aromatic amines is 2. The maximum Gasteiger partial charge on any atom is 0.407 e. The van der Waals surface area contributed by atoms with E-state index in [0.29, 0.717) is 6.54 Å². The summed E-state index contributed by atoms with van der Waals surface area (Å²) >= 11 is 0. The lowest BCUT2D eigenvalue weighted by atomic mass is 9.75. The largest absolute Gasteiger partial charge is 0.453 e. The smallest absolute Gasteiger partial charge is 0.407 e. The van der Waals surface area contributed by atoms with Gasteiger partial charge in [-0.15, -0.1) is 0 Å². The first-order valence-corrected chi connectivity index (χ1v) is 21.0. The van der Waals surface area contributed by atoms with Gasteiger partial charge in [0.25, 0.3) is 0 Å². The molecule has 60 heavy (non-hydrogen) atoms. The molecule has 14 heteroatoms. The van der Waals surface area contributed by atoms with Gasteiger partial charge < -0.3 is 40.3 Å². The zero-order valence-corrected chi connectivity index (χ0v) is 35.1. The molecule has 4 amide bonds. The summed E-state index contributed by atoms with van der Waals surface area (Å²) in [6.45, 7) is 8.21. The second-order valence-corrected chi connectivity index (χ2v) is 17.0. The fourth-order valence-corrected chi connectivity index (χ4v) is 8.92.